The molecule has 8 heteroatoms. The number of aromatic nitrogens is 2. The van der Waals surface area contributed by atoms with E-state index in [-0.39, 0.29) is 16.9 Å². The molecule has 0 aliphatic heterocycles. The Balaban J connectivity index is 1.88. The topological polar surface area (TPSA) is 80.9 Å². The largest absolute Gasteiger partial charge is 0.384 e. The minimum absolute atomic E-state index is 0.163. The van der Waals surface area contributed by atoms with Crippen LogP contribution in [0.5, 0.6) is 0 Å². The van der Waals surface area contributed by atoms with E-state index in [0.29, 0.717) is 15.7 Å². The maximum Gasteiger partial charge on any atom is 0.257 e. The number of benzene rings is 1. The zero-order valence-electron chi connectivity index (χ0n) is 10.4. The number of carbonyl (C=O) groups excluding carboxylic acids is 1. The monoisotopic (exact) mass is 338 g/mol. The molecule has 0 fully saturated rings. The van der Waals surface area contributed by atoms with Crippen molar-refractivity contribution in [3.05, 3.63) is 46.1 Å². The number of nitrogens with two attached hydrogens (primary N) is 1. The second kappa shape index (κ2) is 5.48. The quantitative estimate of drug-likeness (QED) is 0.695. The highest BCUT2D eigenvalue weighted by Crippen LogP contribution is 2.28. The normalized spacial score (nSPS) is 10.8. The Kier molecular flexibility index (Phi) is 3.67. The van der Waals surface area contributed by atoms with Crippen molar-refractivity contribution in [3.63, 3.8) is 0 Å². The first-order valence-corrected chi connectivity index (χ1v) is 7.39. The molecule has 0 saturated heterocycles. The van der Waals surface area contributed by atoms with Gasteiger partial charge in [0.25, 0.3) is 5.91 Å². The third-order valence-electron chi connectivity index (χ3n) is 2.65. The lowest BCUT2D eigenvalue weighted by atomic mass is 10.2. The standard InChI is InChI=1S/C13H8Cl2N4OS/c14-7-1-2-8-9(5-7)21-13(17-8)19-12(20)6-3-10(15)18-11(16)4-6/h1-5H,(H2,16,18)(H,17,19,20). The lowest BCUT2D eigenvalue weighted by Crippen LogP contribution is -2.12. The number of anilines is 2. The third-order valence-corrected chi connectivity index (χ3v) is 4.01. The average molecular weight is 339 g/mol. The third kappa shape index (κ3) is 3.07. The molecule has 5 nitrogen and oxygen atoms in total. The summed E-state index contributed by atoms with van der Waals surface area (Å²) in [7, 11) is 0. The Bertz CT molecular complexity index is 829. The number of nitrogen functional groups attached to an aromatic ring is 1. The molecule has 21 heavy (non-hydrogen) atoms. The van der Waals surface area contributed by atoms with Crippen LogP contribution in [0.2, 0.25) is 10.2 Å². The molecular formula is C13H8Cl2N4OS. The van der Waals surface area contributed by atoms with Gasteiger partial charge in [0.1, 0.15) is 11.0 Å². The highest BCUT2D eigenvalue weighted by atomic mass is 35.5. The Hall–Kier alpha value is -1.89. The molecule has 1 aromatic carbocycles. The summed E-state index contributed by atoms with van der Waals surface area (Å²) in [6.45, 7) is 0. The summed E-state index contributed by atoms with van der Waals surface area (Å²) >= 11 is 13.0. The van der Waals surface area contributed by atoms with Gasteiger partial charge in [-0.1, -0.05) is 34.5 Å². The molecule has 3 N–H and O–H groups in total. The lowest BCUT2D eigenvalue weighted by molar-refractivity contribution is 0.102. The van der Waals surface area contributed by atoms with E-state index in [9.17, 15) is 4.79 Å². The Morgan fingerprint density at radius 3 is 2.76 bits per heavy atom. The fraction of sp³-hybridized carbons (Fsp3) is 0. The molecule has 2 heterocycles. The fourth-order valence-electron chi connectivity index (χ4n) is 1.77. The molecule has 3 rings (SSSR count). The predicted molar refractivity (Wildman–Crippen MR) is 86.2 cm³/mol. The van der Waals surface area contributed by atoms with Gasteiger partial charge in [-0.3, -0.25) is 10.1 Å². The van der Waals surface area contributed by atoms with Crippen molar-refractivity contribution in [2.75, 3.05) is 11.1 Å². The van der Waals surface area contributed by atoms with Gasteiger partial charge >= 0.3 is 0 Å². The molecule has 0 bridgehead atoms. The van der Waals surface area contributed by atoms with Crippen LogP contribution >= 0.6 is 34.5 Å². The van der Waals surface area contributed by atoms with Crippen molar-refractivity contribution in [1.82, 2.24) is 9.97 Å². The summed E-state index contributed by atoms with van der Waals surface area (Å²) in [5, 5.41) is 3.97. The van der Waals surface area contributed by atoms with Gasteiger partial charge in [-0.2, -0.15) is 0 Å². The maximum absolute atomic E-state index is 12.1. The molecule has 0 saturated carbocycles. The zero-order chi connectivity index (χ0) is 15.0. The molecule has 1 amide bonds. The summed E-state index contributed by atoms with van der Waals surface area (Å²) in [6, 6.07) is 8.23. The van der Waals surface area contributed by atoms with E-state index < -0.39 is 0 Å². The number of carbonyl (C=O) groups is 1. The number of nitrogens with one attached hydrogen (secondary N) is 1. The van der Waals surface area contributed by atoms with Gasteiger partial charge in [-0.25, -0.2) is 9.97 Å². The van der Waals surface area contributed by atoms with Crippen molar-refractivity contribution in [2.45, 2.75) is 0 Å². The molecular weight excluding hydrogens is 331 g/mol. The molecule has 0 spiro atoms. The number of pyridine rings is 1. The molecule has 0 unspecified atom stereocenters. The number of amides is 1. The minimum Gasteiger partial charge on any atom is -0.384 e. The molecule has 0 radical (unpaired) electrons. The second-order valence-corrected chi connectivity index (χ2v) is 6.04. The zero-order valence-corrected chi connectivity index (χ0v) is 12.8. The van der Waals surface area contributed by atoms with E-state index in [0.717, 1.165) is 10.2 Å². The Morgan fingerprint density at radius 2 is 2.00 bits per heavy atom. The van der Waals surface area contributed by atoms with E-state index in [1.807, 2.05) is 0 Å². The Labute approximate surface area is 133 Å². The fourth-order valence-corrected chi connectivity index (χ4v) is 3.12. The first-order valence-electron chi connectivity index (χ1n) is 5.82. The highest BCUT2D eigenvalue weighted by Gasteiger charge is 2.12. The van der Waals surface area contributed by atoms with Crippen LogP contribution in [0.1, 0.15) is 10.4 Å². The van der Waals surface area contributed by atoms with Crippen molar-refractivity contribution < 1.29 is 4.79 Å². The van der Waals surface area contributed by atoms with Crippen molar-refractivity contribution in [2.24, 2.45) is 0 Å². The molecule has 106 valence electrons. The first-order chi connectivity index (χ1) is 10.0. The van der Waals surface area contributed by atoms with Crippen molar-refractivity contribution in [1.29, 1.82) is 0 Å². The van der Waals surface area contributed by atoms with Gasteiger partial charge < -0.3 is 5.73 Å². The number of thiazole rings is 1. The van der Waals surface area contributed by atoms with Crippen LogP contribution < -0.4 is 11.1 Å². The van der Waals surface area contributed by atoms with Gasteiger partial charge in [-0.05, 0) is 30.3 Å². The van der Waals surface area contributed by atoms with Gasteiger partial charge in [0.2, 0.25) is 0 Å². The summed E-state index contributed by atoms with van der Waals surface area (Å²) in [4.78, 5) is 20.3. The molecule has 0 atom stereocenters. The minimum atomic E-state index is -0.351. The van der Waals surface area contributed by atoms with Gasteiger partial charge in [0.15, 0.2) is 5.13 Å². The van der Waals surface area contributed by atoms with E-state index >= 15 is 0 Å². The van der Waals surface area contributed by atoms with Crippen LogP contribution in [0.15, 0.2) is 30.3 Å². The first kappa shape index (κ1) is 14.1. The molecule has 2 aromatic heterocycles. The van der Waals surface area contributed by atoms with E-state index in [1.165, 1.54) is 23.5 Å². The van der Waals surface area contributed by atoms with Gasteiger partial charge in [-0.15, -0.1) is 0 Å². The van der Waals surface area contributed by atoms with Crippen LogP contribution in [-0.4, -0.2) is 15.9 Å². The number of fused-ring (bicyclic) bond motifs is 1. The van der Waals surface area contributed by atoms with Gasteiger partial charge in [0.05, 0.1) is 10.2 Å². The van der Waals surface area contributed by atoms with Crippen LogP contribution in [-0.2, 0) is 0 Å². The Morgan fingerprint density at radius 1 is 1.19 bits per heavy atom. The van der Waals surface area contributed by atoms with E-state index in [2.05, 4.69) is 15.3 Å². The number of halogens is 2. The summed E-state index contributed by atoms with van der Waals surface area (Å²) in [6.07, 6.45) is 0. The molecule has 3 aromatic rings. The van der Waals surface area contributed by atoms with Crippen molar-refractivity contribution >= 4 is 61.6 Å². The lowest BCUT2D eigenvalue weighted by Gasteiger charge is -2.02. The predicted octanol–water partition coefficient (Wildman–Crippen LogP) is 3.83. The number of hydrogen-bond donors (Lipinski definition) is 2. The highest BCUT2D eigenvalue weighted by molar-refractivity contribution is 7.22. The molecule has 0 aliphatic rings. The second-order valence-electron chi connectivity index (χ2n) is 4.19. The van der Waals surface area contributed by atoms with Crippen LogP contribution in [0, 0.1) is 0 Å². The number of rotatable bonds is 2. The SMILES string of the molecule is Nc1cc(C(=O)Nc2nc3ccc(Cl)cc3s2)cc(Cl)n1. The number of nitrogens with zero attached hydrogens (tertiary/aromatic N) is 2. The van der Waals surface area contributed by atoms with Gasteiger partial charge in [0, 0.05) is 10.6 Å². The van der Waals surface area contributed by atoms with Crippen molar-refractivity contribution in [3.8, 4) is 0 Å². The van der Waals surface area contributed by atoms with Crippen LogP contribution in [0.25, 0.3) is 10.2 Å². The van der Waals surface area contributed by atoms with Crippen LogP contribution in [0.3, 0.4) is 0 Å². The average Bonchev–Trinajstić information content (AvgIpc) is 2.78. The summed E-state index contributed by atoms with van der Waals surface area (Å²) in [5.41, 5.74) is 6.66. The van der Waals surface area contributed by atoms with Crippen LogP contribution in [0.4, 0.5) is 10.9 Å². The van der Waals surface area contributed by atoms with E-state index in [1.54, 1.807) is 18.2 Å². The smallest absolute Gasteiger partial charge is 0.257 e. The maximum atomic E-state index is 12.1. The van der Waals surface area contributed by atoms with E-state index in [4.69, 9.17) is 28.9 Å². The summed E-state index contributed by atoms with van der Waals surface area (Å²) < 4.78 is 0.894. The summed E-state index contributed by atoms with van der Waals surface area (Å²) in [5.74, 6) is -0.167. The number of hydrogen-bond acceptors (Lipinski definition) is 5. The molecule has 0 aliphatic carbocycles.